The van der Waals surface area contributed by atoms with Crippen LogP contribution in [0.15, 0.2) is 53.4 Å². The van der Waals surface area contributed by atoms with E-state index in [4.69, 9.17) is 5.73 Å². The third-order valence-electron chi connectivity index (χ3n) is 5.62. The van der Waals surface area contributed by atoms with E-state index < -0.39 is 10.0 Å². The van der Waals surface area contributed by atoms with Gasteiger partial charge >= 0.3 is 0 Å². The number of sulfonamides is 1. The Morgan fingerprint density at radius 2 is 1.60 bits per heavy atom. The van der Waals surface area contributed by atoms with E-state index in [9.17, 15) is 13.2 Å². The number of aryl methyl sites for hydroxylation is 1. The molecule has 1 aliphatic rings. The lowest BCUT2D eigenvalue weighted by Crippen LogP contribution is -2.34. The zero-order valence-electron chi connectivity index (χ0n) is 17.3. The number of rotatable bonds is 10. The normalized spacial score (nSPS) is 16.1. The standard InChI is InChI=1S/C23H31N3O3S/c24-21-11-5-6-12-22(21)30(28,29)26-16-8-2-1-7-15-25-23(27)20-14-13-18-9-3-4-10-19(18)17-20/h3-6,9-12,20,26H,1-2,7-8,13-17,24H2,(H,25,27). The molecule has 1 atom stereocenters. The fourth-order valence-corrected chi connectivity index (χ4v) is 5.10. The van der Waals surface area contributed by atoms with Crippen molar-refractivity contribution in [1.82, 2.24) is 10.0 Å². The second kappa shape index (κ2) is 10.6. The highest BCUT2D eigenvalue weighted by molar-refractivity contribution is 7.89. The number of anilines is 1. The van der Waals surface area contributed by atoms with Crippen LogP contribution in [0.5, 0.6) is 0 Å². The van der Waals surface area contributed by atoms with Gasteiger partial charge in [0.15, 0.2) is 0 Å². The van der Waals surface area contributed by atoms with Crippen LogP contribution in [0.1, 0.15) is 43.2 Å². The molecular weight excluding hydrogens is 398 g/mol. The molecule has 0 aromatic heterocycles. The molecule has 2 aromatic carbocycles. The van der Waals surface area contributed by atoms with Gasteiger partial charge in [-0.2, -0.15) is 0 Å². The maximum Gasteiger partial charge on any atom is 0.242 e. The van der Waals surface area contributed by atoms with Gasteiger partial charge in [-0.3, -0.25) is 4.79 Å². The smallest absolute Gasteiger partial charge is 0.242 e. The predicted molar refractivity (Wildman–Crippen MR) is 119 cm³/mol. The van der Waals surface area contributed by atoms with Crippen molar-refractivity contribution in [1.29, 1.82) is 0 Å². The number of nitrogens with two attached hydrogens (primary N) is 1. The molecule has 7 heteroatoms. The first-order valence-corrected chi connectivity index (χ1v) is 12.1. The number of amides is 1. The molecule has 1 unspecified atom stereocenters. The van der Waals surface area contributed by atoms with Gasteiger partial charge in [-0.1, -0.05) is 49.2 Å². The maximum atomic E-state index is 12.4. The third kappa shape index (κ3) is 6.06. The number of nitrogens with one attached hydrogen (secondary N) is 2. The summed E-state index contributed by atoms with van der Waals surface area (Å²) >= 11 is 0. The Bertz CT molecular complexity index is 960. The molecule has 0 saturated heterocycles. The first kappa shape index (κ1) is 22.3. The largest absolute Gasteiger partial charge is 0.398 e. The Balaban J connectivity index is 1.27. The van der Waals surface area contributed by atoms with Gasteiger partial charge in [0.2, 0.25) is 15.9 Å². The molecule has 30 heavy (non-hydrogen) atoms. The van der Waals surface area contributed by atoms with Crippen LogP contribution < -0.4 is 15.8 Å². The molecule has 162 valence electrons. The van der Waals surface area contributed by atoms with Crippen molar-refractivity contribution in [3.05, 3.63) is 59.7 Å². The van der Waals surface area contributed by atoms with E-state index in [1.807, 2.05) is 6.07 Å². The number of carbonyl (C=O) groups excluding carboxylic acids is 1. The van der Waals surface area contributed by atoms with Gasteiger partial charge in [-0.15, -0.1) is 0 Å². The quantitative estimate of drug-likeness (QED) is 0.399. The molecule has 0 aliphatic heterocycles. The van der Waals surface area contributed by atoms with Crippen LogP contribution in [0.3, 0.4) is 0 Å². The number of nitrogen functional groups attached to an aromatic ring is 1. The van der Waals surface area contributed by atoms with Gasteiger partial charge in [0.05, 0.1) is 5.69 Å². The Morgan fingerprint density at radius 1 is 0.933 bits per heavy atom. The Kier molecular flexibility index (Phi) is 7.87. The van der Waals surface area contributed by atoms with E-state index in [1.165, 1.54) is 17.2 Å². The summed E-state index contributed by atoms with van der Waals surface area (Å²) in [4.78, 5) is 12.5. The predicted octanol–water partition coefficient (Wildman–Crippen LogP) is 3.03. The lowest BCUT2D eigenvalue weighted by molar-refractivity contribution is -0.125. The topological polar surface area (TPSA) is 101 Å². The van der Waals surface area contributed by atoms with Crippen LogP contribution in [-0.4, -0.2) is 27.4 Å². The van der Waals surface area contributed by atoms with Crippen molar-refractivity contribution in [2.75, 3.05) is 18.8 Å². The second-order valence-electron chi connectivity index (χ2n) is 7.85. The summed E-state index contributed by atoms with van der Waals surface area (Å²) in [6, 6.07) is 14.8. The average molecular weight is 430 g/mol. The molecular formula is C23H31N3O3S. The monoisotopic (exact) mass is 429 g/mol. The zero-order chi connectivity index (χ0) is 21.4. The van der Waals surface area contributed by atoms with Crippen LogP contribution in [0.25, 0.3) is 0 Å². The maximum absolute atomic E-state index is 12.4. The van der Waals surface area contributed by atoms with Crippen molar-refractivity contribution in [2.45, 2.75) is 49.8 Å². The third-order valence-corrected chi connectivity index (χ3v) is 7.16. The van der Waals surface area contributed by atoms with E-state index in [2.05, 4.69) is 28.2 Å². The zero-order valence-corrected chi connectivity index (χ0v) is 18.1. The number of para-hydroxylation sites is 1. The Hall–Kier alpha value is -2.38. The highest BCUT2D eigenvalue weighted by Gasteiger charge is 2.23. The summed E-state index contributed by atoms with van der Waals surface area (Å²) in [6.45, 7) is 1.05. The molecule has 0 heterocycles. The van der Waals surface area contributed by atoms with Gasteiger partial charge in [0.25, 0.3) is 0 Å². The molecule has 3 rings (SSSR count). The first-order chi connectivity index (χ1) is 14.5. The molecule has 2 aromatic rings. The number of carbonyl (C=O) groups is 1. The second-order valence-corrected chi connectivity index (χ2v) is 9.58. The van der Waals surface area contributed by atoms with Crippen LogP contribution in [-0.2, 0) is 27.7 Å². The summed E-state index contributed by atoms with van der Waals surface area (Å²) in [5, 5.41) is 3.06. The van der Waals surface area contributed by atoms with E-state index in [0.29, 0.717) is 13.1 Å². The van der Waals surface area contributed by atoms with Crippen molar-refractivity contribution in [3.63, 3.8) is 0 Å². The summed E-state index contributed by atoms with van der Waals surface area (Å²) < 4.78 is 27.1. The number of benzene rings is 2. The lowest BCUT2D eigenvalue weighted by Gasteiger charge is -2.23. The summed E-state index contributed by atoms with van der Waals surface area (Å²) in [7, 11) is -3.57. The van der Waals surface area contributed by atoms with Crippen LogP contribution >= 0.6 is 0 Å². The van der Waals surface area contributed by atoms with Crippen molar-refractivity contribution < 1.29 is 13.2 Å². The van der Waals surface area contributed by atoms with Gasteiger partial charge in [-0.25, -0.2) is 13.1 Å². The van der Waals surface area contributed by atoms with E-state index in [0.717, 1.165) is 44.9 Å². The summed E-state index contributed by atoms with van der Waals surface area (Å²) in [5.41, 5.74) is 8.65. The fraction of sp³-hybridized carbons (Fsp3) is 0.435. The van der Waals surface area contributed by atoms with Crippen molar-refractivity contribution in [3.8, 4) is 0 Å². The molecule has 1 aliphatic carbocycles. The Labute approximate surface area is 179 Å². The fourth-order valence-electron chi connectivity index (χ4n) is 3.89. The summed E-state index contributed by atoms with van der Waals surface area (Å²) in [6.07, 6.45) is 6.21. The van der Waals surface area contributed by atoms with E-state index >= 15 is 0 Å². The minimum atomic E-state index is -3.57. The molecule has 0 saturated carbocycles. The molecule has 0 spiro atoms. The molecule has 0 radical (unpaired) electrons. The van der Waals surface area contributed by atoms with Gasteiger partial charge in [0, 0.05) is 19.0 Å². The highest BCUT2D eigenvalue weighted by Crippen LogP contribution is 2.25. The molecule has 6 nitrogen and oxygen atoms in total. The Morgan fingerprint density at radius 3 is 2.37 bits per heavy atom. The minimum Gasteiger partial charge on any atom is -0.398 e. The minimum absolute atomic E-state index is 0.0692. The number of hydrogen-bond acceptors (Lipinski definition) is 4. The average Bonchev–Trinajstić information content (AvgIpc) is 2.75. The van der Waals surface area contributed by atoms with E-state index in [-0.39, 0.29) is 22.4 Å². The highest BCUT2D eigenvalue weighted by atomic mass is 32.2. The van der Waals surface area contributed by atoms with Crippen LogP contribution in [0.4, 0.5) is 5.69 Å². The van der Waals surface area contributed by atoms with E-state index in [1.54, 1.807) is 18.2 Å². The molecule has 0 bridgehead atoms. The molecule has 0 fully saturated rings. The number of hydrogen-bond donors (Lipinski definition) is 3. The van der Waals surface area contributed by atoms with Crippen LogP contribution in [0, 0.1) is 5.92 Å². The number of unbranched alkanes of at least 4 members (excludes halogenated alkanes) is 3. The van der Waals surface area contributed by atoms with Crippen molar-refractivity contribution in [2.24, 2.45) is 5.92 Å². The van der Waals surface area contributed by atoms with Gasteiger partial charge in [-0.05, 0) is 55.4 Å². The summed E-state index contributed by atoms with van der Waals surface area (Å²) in [5.74, 6) is 0.220. The van der Waals surface area contributed by atoms with Gasteiger partial charge in [0.1, 0.15) is 4.90 Å². The molecule has 4 N–H and O–H groups in total. The van der Waals surface area contributed by atoms with Crippen molar-refractivity contribution >= 4 is 21.6 Å². The molecule has 1 amide bonds. The first-order valence-electron chi connectivity index (χ1n) is 10.7. The van der Waals surface area contributed by atoms with Crippen LogP contribution in [0.2, 0.25) is 0 Å². The number of fused-ring (bicyclic) bond motifs is 1. The van der Waals surface area contributed by atoms with Gasteiger partial charge < -0.3 is 11.1 Å². The SMILES string of the molecule is Nc1ccccc1S(=O)(=O)NCCCCCCNC(=O)C1CCc2ccccc2C1. The lowest BCUT2D eigenvalue weighted by atomic mass is 9.83.